The van der Waals surface area contributed by atoms with Gasteiger partial charge in [0.15, 0.2) is 0 Å². The van der Waals surface area contributed by atoms with Gasteiger partial charge in [-0.1, -0.05) is 0 Å². The van der Waals surface area contributed by atoms with Crippen molar-refractivity contribution in [2.75, 3.05) is 6.61 Å². The normalized spacial score (nSPS) is 23.4. The molecule has 1 aliphatic heterocycles. The van der Waals surface area contributed by atoms with Gasteiger partial charge in [0, 0.05) is 12.6 Å². The van der Waals surface area contributed by atoms with E-state index in [1.54, 1.807) is 0 Å². The number of hydrogen-bond acceptors (Lipinski definition) is 3. The number of ether oxygens (including phenoxy) is 1. The van der Waals surface area contributed by atoms with E-state index in [9.17, 15) is 4.79 Å². The summed E-state index contributed by atoms with van der Waals surface area (Å²) in [4.78, 5) is 12.7. The Kier molecular flexibility index (Phi) is 3.90. The molecule has 17 heavy (non-hydrogen) atoms. The molecule has 1 fully saturated rings. The molecule has 1 aromatic rings. The summed E-state index contributed by atoms with van der Waals surface area (Å²) in [5, 5.41) is 3.07. The SMILES string of the molecule is CC1(C)CC(NC(=O)c2ccc(Br)s2)CCO1. The van der Waals surface area contributed by atoms with Gasteiger partial charge in [0.1, 0.15) is 0 Å². The quantitative estimate of drug-likeness (QED) is 0.909. The lowest BCUT2D eigenvalue weighted by Crippen LogP contribution is -2.45. The molecule has 0 spiro atoms. The van der Waals surface area contributed by atoms with E-state index in [0.717, 1.165) is 21.5 Å². The van der Waals surface area contributed by atoms with Crippen LogP contribution in [0.15, 0.2) is 15.9 Å². The van der Waals surface area contributed by atoms with Crippen molar-refractivity contribution in [1.82, 2.24) is 5.32 Å². The van der Waals surface area contributed by atoms with E-state index in [0.29, 0.717) is 6.61 Å². The minimum absolute atomic E-state index is 0.0170. The van der Waals surface area contributed by atoms with Crippen LogP contribution in [0, 0.1) is 0 Å². The highest BCUT2D eigenvalue weighted by Gasteiger charge is 2.29. The molecule has 5 heteroatoms. The lowest BCUT2D eigenvalue weighted by atomic mass is 9.94. The van der Waals surface area contributed by atoms with Crippen LogP contribution in [-0.2, 0) is 4.74 Å². The number of rotatable bonds is 2. The fourth-order valence-corrected chi connectivity index (χ4v) is 3.34. The Balaban J connectivity index is 1.95. The number of hydrogen-bond donors (Lipinski definition) is 1. The highest BCUT2D eigenvalue weighted by Crippen LogP contribution is 2.25. The van der Waals surface area contributed by atoms with Crippen molar-refractivity contribution in [3.05, 3.63) is 20.8 Å². The van der Waals surface area contributed by atoms with Crippen LogP contribution in [0.25, 0.3) is 0 Å². The van der Waals surface area contributed by atoms with E-state index in [1.807, 2.05) is 12.1 Å². The fraction of sp³-hybridized carbons (Fsp3) is 0.583. The predicted molar refractivity (Wildman–Crippen MR) is 72.5 cm³/mol. The highest BCUT2D eigenvalue weighted by molar-refractivity contribution is 9.11. The van der Waals surface area contributed by atoms with E-state index in [1.165, 1.54) is 11.3 Å². The van der Waals surface area contributed by atoms with Gasteiger partial charge in [0.05, 0.1) is 14.3 Å². The van der Waals surface area contributed by atoms with Gasteiger partial charge in [-0.2, -0.15) is 0 Å². The summed E-state index contributed by atoms with van der Waals surface area (Å²) in [5.74, 6) is 0.0170. The summed E-state index contributed by atoms with van der Waals surface area (Å²) < 4.78 is 6.61. The zero-order chi connectivity index (χ0) is 12.5. The molecule has 1 amide bonds. The minimum Gasteiger partial charge on any atom is -0.375 e. The van der Waals surface area contributed by atoms with Crippen LogP contribution >= 0.6 is 27.3 Å². The van der Waals surface area contributed by atoms with Crippen LogP contribution < -0.4 is 5.32 Å². The van der Waals surface area contributed by atoms with Gasteiger partial charge in [-0.15, -0.1) is 11.3 Å². The van der Waals surface area contributed by atoms with Crippen LogP contribution in [0.3, 0.4) is 0 Å². The Morgan fingerprint density at radius 2 is 2.35 bits per heavy atom. The molecule has 1 saturated heterocycles. The zero-order valence-corrected chi connectivity index (χ0v) is 12.4. The molecule has 2 heterocycles. The summed E-state index contributed by atoms with van der Waals surface area (Å²) in [6.07, 6.45) is 1.76. The Morgan fingerprint density at radius 3 is 2.94 bits per heavy atom. The first-order chi connectivity index (χ1) is 7.96. The van der Waals surface area contributed by atoms with Crippen LogP contribution in [0.1, 0.15) is 36.4 Å². The lowest BCUT2D eigenvalue weighted by Gasteiger charge is -2.35. The summed E-state index contributed by atoms with van der Waals surface area (Å²) in [6.45, 7) is 4.84. The first kappa shape index (κ1) is 13.1. The second-order valence-electron chi connectivity index (χ2n) is 4.88. The summed E-state index contributed by atoms with van der Waals surface area (Å²) in [5.41, 5.74) is -0.133. The van der Waals surface area contributed by atoms with Crippen molar-refractivity contribution in [1.29, 1.82) is 0 Å². The van der Waals surface area contributed by atoms with Crippen molar-refractivity contribution in [2.24, 2.45) is 0 Å². The van der Waals surface area contributed by atoms with Crippen molar-refractivity contribution in [3.63, 3.8) is 0 Å². The van der Waals surface area contributed by atoms with Crippen LogP contribution in [0.2, 0.25) is 0 Å². The highest BCUT2D eigenvalue weighted by atomic mass is 79.9. The third-order valence-corrected chi connectivity index (χ3v) is 4.45. The molecule has 0 bridgehead atoms. The molecule has 1 atom stereocenters. The monoisotopic (exact) mass is 317 g/mol. The number of carbonyl (C=O) groups excluding carboxylic acids is 1. The molecule has 0 radical (unpaired) electrons. The number of halogens is 1. The standard InChI is InChI=1S/C12H16BrNO2S/c1-12(2)7-8(5-6-16-12)14-11(15)9-3-4-10(13)17-9/h3-4,8H,5-7H2,1-2H3,(H,14,15). The molecule has 94 valence electrons. The third kappa shape index (κ3) is 3.53. The molecule has 3 nitrogen and oxygen atoms in total. The molecule has 1 N–H and O–H groups in total. The Bertz CT molecular complexity index is 416. The molecule has 0 saturated carbocycles. The Morgan fingerprint density at radius 1 is 1.59 bits per heavy atom. The van der Waals surface area contributed by atoms with Crippen molar-refractivity contribution in [2.45, 2.75) is 38.3 Å². The van der Waals surface area contributed by atoms with Crippen molar-refractivity contribution >= 4 is 33.2 Å². The van der Waals surface area contributed by atoms with E-state index in [2.05, 4.69) is 35.1 Å². The molecule has 2 rings (SSSR count). The average Bonchev–Trinajstić information content (AvgIpc) is 2.63. The van der Waals surface area contributed by atoms with Gasteiger partial charge in [-0.05, 0) is 54.8 Å². The summed E-state index contributed by atoms with van der Waals surface area (Å²) >= 11 is 4.82. The molecule has 0 aliphatic carbocycles. The van der Waals surface area contributed by atoms with Gasteiger partial charge in [0.25, 0.3) is 5.91 Å². The number of amides is 1. The van der Waals surface area contributed by atoms with Gasteiger partial charge < -0.3 is 10.1 Å². The molecular formula is C12H16BrNO2S. The molecule has 1 unspecified atom stereocenters. The van der Waals surface area contributed by atoms with Gasteiger partial charge in [0.2, 0.25) is 0 Å². The Hall–Kier alpha value is -0.390. The molecule has 1 aromatic heterocycles. The zero-order valence-electron chi connectivity index (χ0n) is 9.96. The largest absolute Gasteiger partial charge is 0.375 e. The number of nitrogens with one attached hydrogen (secondary N) is 1. The van der Waals surface area contributed by atoms with Crippen LogP contribution in [0.4, 0.5) is 0 Å². The first-order valence-corrected chi connectivity index (χ1v) is 7.27. The maximum absolute atomic E-state index is 12.0. The summed E-state index contributed by atoms with van der Waals surface area (Å²) in [6, 6.07) is 3.95. The van der Waals surface area contributed by atoms with Gasteiger partial charge in [-0.3, -0.25) is 4.79 Å². The molecular weight excluding hydrogens is 302 g/mol. The van der Waals surface area contributed by atoms with Crippen molar-refractivity contribution in [3.8, 4) is 0 Å². The van der Waals surface area contributed by atoms with E-state index < -0.39 is 0 Å². The maximum atomic E-state index is 12.0. The third-order valence-electron chi connectivity index (χ3n) is 2.83. The van der Waals surface area contributed by atoms with Crippen LogP contribution in [0.5, 0.6) is 0 Å². The van der Waals surface area contributed by atoms with E-state index in [-0.39, 0.29) is 17.6 Å². The summed E-state index contributed by atoms with van der Waals surface area (Å²) in [7, 11) is 0. The number of thiophene rings is 1. The number of carbonyl (C=O) groups is 1. The Labute approximate surface area is 114 Å². The second-order valence-corrected chi connectivity index (χ2v) is 7.34. The van der Waals surface area contributed by atoms with E-state index >= 15 is 0 Å². The fourth-order valence-electron chi connectivity index (χ4n) is 2.05. The maximum Gasteiger partial charge on any atom is 0.261 e. The van der Waals surface area contributed by atoms with Crippen LogP contribution in [-0.4, -0.2) is 24.2 Å². The van der Waals surface area contributed by atoms with Gasteiger partial charge in [-0.25, -0.2) is 0 Å². The minimum atomic E-state index is -0.133. The van der Waals surface area contributed by atoms with E-state index in [4.69, 9.17) is 4.74 Å². The predicted octanol–water partition coefficient (Wildman–Crippen LogP) is 3.20. The first-order valence-electron chi connectivity index (χ1n) is 5.66. The smallest absolute Gasteiger partial charge is 0.261 e. The average molecular weight is 318 g/mol. The van der Waals surface area contributed by atoms with Gasteiger partial charge >= 0.3 is 0 Å². The second kappa shape index (κ2) is 5.08. The molecule has 1 aliphatic rings. The lowest BCUT2D eigenvalue weighted by molar-refractivity contribution is -0.0615. The molecule has 0 aromatic carbocycles. The van der Waals surface area contributed by atoms with Crippen molar-refractivity contribution < 1.29 is 9.53 Å². The topological polar surface area (TPSA) is 38.3 Å².